The van der Waals surface area contributed by atoms with Crippen molar-refractivity contribution in [3.05, 3.63) is 6.33 Å². The van der Waals surface area contributed by atoms with Gasteiger partial charge >= 0.3 is 0 Å². The minimum atomic E-state index is 0.0993. The third-order valence-corrected chi connectivity index (χ3v) is 3.02. The second kappa shape index (κ2) is 5.40. The maximum atomic E-state index is 5.67. The highest BCUT2D eigenvalue weighted by Crippen LogP contribution is 2.23. The lowest BCUT2D eigenvalue weighted by atomic mass is 9.90. The van der Waals surface area contributed by atoms with Crippen molar-refractivity contribution in [1.29, 1.82) is 0 Å². The smallest absolute Gasteiger partial charge is 0.224 e. The number of nitrogens with zero attached hydrogens (tertiary/aromatic N) is 3. The highest BCUT2D eigenvalue weighted by atomic mass is 16.5. The Morgan fingerprint density at radius 3 is 2.95 bits per heavy atom. The fourth-order valence-electron chi connectivity index (χ4n) is 1.77. The molecule has 2 aromatic heterocycles. The van der Waals surface area contributed by atoms with Crippen molar-refractivity contribution in [2.75, 3.05) is 31.3 Å². The number of nitrogen functional groups attached to an aromatic ring is 1. The number of H-pyrrole nitrogens is 1. The molecule has 0 aliphatic rings. The standard InChI is InChI=1S/C12H20N6O/c1-12(2,4-5-19-3)6-14-9-8-10(16-7-15-8)18-11(13)17-9/h7H,4-6H2,1-3H3,(H4,13,14,15,16,17,18). The van der Waals surface area contributed by atoms with Gasteiger partial charge in [-0.1, -0.05) is 13.8 Å². The van der Waals surface area contributed by atoms with Gasteiger partial charge in [-0.25, -0.2) is 4.98 Å². The minimum absolute atomic E-state index is 0.0993. The first kappa shape index (κ1) is 13.5. The number of hydrogen-bond acceptors (Lipinski definition) is 6. The van der Waals surface area contributed by atoms with Crippen molar-refractivity contribution in [2.24, 2.45) is 5.41 Å². The normalized spacial score (nSPS) is 11.9. The first-order valence-electron chi connectivity index (χ1n) is 6.21. The van der Waals surface area contributed by atoms with Crippen molar-refractivity contribution < 1.29 is 4.74 Å². The van der Waals surface area contributed by atoms with Crippen LogP contribution >= 0.6 is 0 Å². The zero-order valence-corrected chi connectivity index (χ0v) is 11.5. The Balaban J connectivity index is 2.11. The second-order valence-electron chi connectivity index (χ2n) is 5.29. The summed E-state index contributed by atoms with van der Waals surface area (Å²) in [5.41, 5.74) is 7.12. The molecule has 0 saturated carbocycles. The average molecular weight is 264 g/mol. The number of rotatable bonds is 6. The molecule has 0 fully saturated rings. The molecule has 0 saturated heterocycles. The van der Waals surface area contributed by atoms with Gasteiger partial charge in [0.1, 0.15) is 5.52 Å². The van der Waals surface area contributed by atoms with E-state index in [1.807, 2.05) is 0 Å². The van der Waals surface area contributed by atoms with Crippen LogP contribution in [0, 0.1) is 5.41 Å². The van der Waals surface area contributed by atoms with Crippen LogP contribution in [0.4, 0.5) is 11.8 Å². The van der Waals surface area contributed by atoms with E-state index < -0.39 is 0 Å². The second-order valence-corrected chi connectivity index (χ2v) is 5.29. The Labute approximate surface area is 112 Å². The summed E-state index contributed by atoms with van der Waals surface area (Å²) >= 11 is 0. The molecule has 19 heavy (non-hydrogen) atoms. The minimum Gasteiger partial charge on any atom is -0.385 e. The molecule has 0 amide bonds. The number of aromatic nitrogens is 4. The van der Waals surface area contributed by atoms with Crippen molar-refractivity contribution >= 4 is 22.9 Å². The van der Waals surface area contributed by atoms with Gasteiger partial charge in [0.2, 0.25) is 5.95 Å². The third-order valence-electron chi connectivity index (χ3n) is 3.02. The van der Waals surface area contributed by atoms with Crippen LogP contribution in [0.5, 0.6) is 0 Å². The fourth-order valence-corrected chi connectivity index (χ4v) is 1.77. The largest absolute Gasteiger partial charge is 0.385 e. The van der Waals surface area contributed by atoms with Crippen molar-refractivity contribution in [1.82, 2.24) is 19.9 Å². The molecule has 2 rings (SSSR count). The number of imidazole rings is 1. The number of nitrogens with one attached hydrogen (secondary N) is 2. The number of aromatic amines is 1. The van der Waals surface area contributed by atoms with Crippen molar-refractivity contribution in [3.63, 3.8) is 0 Å². The highest BCUT2D eigenvalue weighted by Gasteiger charge is 2.18. The van der Waals surface area contributed by atoms with E-state index in [1.165, 1.54) is 0 Å². The molecule has 2 aromatic rings. The highest BCUT2D eigenvalue weighted by molar-refractivity contribution is 5.83. The first-order chi connectivity index (χ1) is 9.02. The van der Waals surface area contributed by atoms with Crippen LogP contribution in [0.25, 0.3) is 11.2 Å². The molecule has 0 bridgehead atoms. The van der Waals surface area contributed by atoms with Crippen LogP contribution in [0.2, 0.25) is 0 Å². The molecule has 7 heteroatoms. The zero-order chi connectivity index (χ0) is 13.9. The average Bonchev–Trinajstić information content (AvgIpc) is 2.81. The lowest BCUT2D eigenvalue weighted by Gasteiger charge is -2.24. The predicted octanol–water partition coefficient (Wildman–Crippen LogP) is 1.41. The van der Waals surface area contributed by atoms with Gasteiger partial charge in [0.25, 0.3) is 0 Å². The first-order valence-corrected chi connectivity index (χ1v) is 6.21. The quantitative estimate of drug-likeness (QED) is 0.729. The molecule has 0 aromatic carbocycles. The van der Waals surface area contributed by atoms with E-state index in [1.54, 1.807) is 13.4 Å². The third kappa shape index (κ3) is 3.31. The maximum Gasteiger partial charge on any atom is 0.224 e. The van der Waals surface area contributed by atoms with Gasteiger partial charge in [-0.05, 0) is 11.8 Å². The Kier molecular flexibility index (Phi) is 3.84. The van der Waals surface area contributed by atoms with Crippen LogP contribution < -0.4 is 11.1 Å². The van der Waals surface area contributed by atoms with Crippen LogP contribution in [-0.4, -0.2) is 40.2 Å². The van der Waals surface area contributed by atoms with Gasteiger partial charge in [-0.2, -0.15) is 9.97 Å². The monoisotopic (exact) mass is 264 g/mol. The molecule has 0 radical (unpaired) electrons. The van der Waals surface area contributed by atoms with Crippen LogP contribution in [0.3, 0.4) is 0 Å². The number of anilines is 2. The Bertz CT molecular complexity index is 550. The zero-order valence-electron chi connectivity index (χ0n) is 11.5. The molecule has 2 heterocycles. The van der Waals surface area contributed by atoms with E-state index in [9.17, 15) is 0 Å². The Hall–Kier alpha value is -1.89. The summed E-state index contributed by atoms with van der Waals surface area (Å²) in [4.78, 5) is 15.4. The summed E-state index contributed by atoms with van der Waals surface area (Å²) in [6.07, 6.45) is 2.54. The van der Waals surface area contributed by atoms with Crippen LogP contribution in [0.1, 0.15) is 20.3 Å². The summed E-state index contributed by atoms with van der Waals surface area (Å²) in [5.74, 6) is 0.905. The van der Waals surface area contributed by atoms with Gasteiger partial charge in [0, 0.05) is 20.3 Å². The molecule has 0 unspecified atom stereocenters. The van der Waals surface area contributed by atoms with E-state index in [0.29, 0.717) is 11.5 Å². The van der Waals surface area contributed by atoms with Gasteiger partial charge in [-0.15, -0.1) is 0 Å². The molecular formula is C12H20N6O. The number of ether oxygens (including phenoxy) is 1. The van der Waals surface area contributed by atoms with Gasteiger partial charge in [0.15, 0.2) is 11.5 Å². The summed E-state index contributed by atoms with van der Waals surface area (Å²) in [5, 5.41) is 3.31. The molecule has 7 nitrogen and oxygen atoms in total. The summed E-state index contributed by atoms with van der Waals surface area (Å²) < 4.78 is 5.12. The summed E-state index contributed by atoms with van der Waals surface area (Å²) in [7, 11) is 1.71. The van der Waals surface area contributed by atoms with E-state index >= 15 is 0 Å². The Morgan fingerprint density at radius 1 is 1.42 bits per heavy atom. The molecule has 0 aliphatic carbocycles. The van der Waals surface area contributed by atoms with Gasteiger partial charge < -0.3 is 20.8 Å². The number of nitrogens with two attached hydrogens (primary N) is 1. The van der Waals surface area contributed by atoms with E-state index in [2.05, 4.69) is 39.1 Å². The van der Waals surface area contributed by atoms with Gasteiger partial charge in [-0.3, -0.25) is 0 Å². The van der Waals surface area contributed by atoms with E-state index in [0.717, 1.165) is 25.1 Å². The number of hydrogen-bond donors (Lipinski definition) is 3. The maximum absolute atomic E-state index is 5.67. The van der Waals surface area contributed by atoms with Crippen LogP contribution in [0.15, 0.2) is 6.33 Å². The summed E-state index contributed by atoms with van der Waals surface area (Å²) in [6, 6.07) is 0. The van der Waals surface area contributed by atoms with Crippen molar-refractivity contribution in [3.8, 4) is 0 Å². The van der Waals surface area contributed by atoms with E-state index in [-0.39, 0.29) is 11.4 Å². The fraction of sp³-hybridized carbons (Fsp3) is 0.583. The number of methoxy groups -OCH3 is 1. The number of fused-ring (bicyclic) bond motifs is 1. The molecule has 4 N–H and O–H groups in total. The van der Waals surface area contributed by atoms with Crippen LogP contribution in [-0.2, 0) is 4.74 Å². The predicted molar refractivity (Wildman–Crippen MR) is 74.9 cm³/mol. The topological polar surface area (TPSA) is 102 Å². The lowest BCUT2D eigenvalue weighted by molar-refractivity contribution is 0.157. The molecule has 104 valence electrons. The molecular weight excluding hydrogens is 244 g/mol. The molecule has 0 spiro atoms. The van der Waals surface area contributed by atoms with E-state index in [4.69, 9.17) is 10.5 Å². The Morgan fingerprint density at radius 2 is 2.21 bits per heavy atom. The van der Waals surface area contributed by atoms with Crippen molar-refractivity contribution in [2.45, 2.75) is 20.3 Å². The lowest BCUT2D eigenvalue weighted by Crippen LogP contribution is -2.25. The SMILES string of the molecule is COCCC(C)(C)CNc1nc(N)nc2nc[nH]c12. The van der Waals surface area contributed by atoms with Gasteiger partial charge in [0.05, 0.1) is 6.33 Å². The molecule has 0 aliphatic heterocycles. The molecule has 0 atom stereocenters. The summed E-state index contributed by atoms with van der Waals surface area (Å²) in [6.45, 7) is 5.85.